The highest BCUT2D eigenvalue weighted by Gasteiger charge is 2.35. The number of alkyl halides is 2. The van der Waals surface area contributed by atoms with Gasteiger partial charge >= 0.3 is 0 Å². The summed E-state index contributed by atoms with van der Waals surface area (Å²) in [6, 6.07) is 20.1. The standard InChI is InChI=1S/C20H19Cl2N5/c1-14(12-15-8-4-2-5-9-15)24-18-17-13-23-27(16-10-6-3-7-11-16)19(17)26-20(21,22)25-18/h2-11,13-14,26H,12H2,1H3,(H,24,25)/t14-/m0/s1. The third-order valence-corrected chi connectivity index (χ3v) is 4.68. The summed E-state index contributed by atoms with van der Waals surface area (Å²) in [5.74, 6) is 1.33. The number of amidine groups is 1. The fourth-order valence-corrected chi connectivity index (χ4v) is 3.48. The van der Waals surface area contributed by atoms with Crippen molar-refractivity contribution in [3.8, 4) is 5.69 Å². The molecule has 0 unspecified atom stereocenters. The van der Waals surface area contributed by atoms with Crippen LogP contribution in [0.5, 0.6) is 0 Å². The molecule has 2 aromatic carbocycles. The Labute approximate surface area is 168 Å². The second kappa shape index (κ2) is 7.25. The van der Waals surface area contributed by atoms with Crippen LogP contribution in [-0.2, 0) is 6.42 Å². The van der Waals surface area contributed by atoms with Gasteiger partial charge in [-0.25, -0.2) is 4.68 Å². The number of aromatic nitrogens is 2. The van der Waals surface area contributed by atoms with Gasteiger partial charge in [-0.05, 0) is 31.0 Å². The van der Waals surface area contributed by atoms with Gasteiger partial charge in [-0.3, -0.25) is 4.99 Å². The summed E-state index contributed by atoms with van der Waals surface area (Å²) in [6.45, 7) is 2.06. The molecular weight excluding hydrogens is 381 g/mol. The highest BCUT2D eigenvalue weighted by molar-refractivity contribution is 6.50. The average molecular weight is 400 g/mol. The molecule has 7 heteroatoms. The van der Waals surface area contributed by atoms with E-state index < -0.39 is 4.58 Å². The SMILES string of the molecule is C[C@@H](Cc1ccccc1)N=C1NC(Cl)(Cl)Nc2c1cnn2-c1ccccc1. The van der Waals surface area contributed by atoms with Crippen LogP contribution >= 0.6 is 23.2 Å². The minimum atomic E-state index is -1.37. The van der Waals surface area contributed by atoms with E-state index in [9.17, 15) is 0 Å². The molecule has 0 spiro atoms. The number of nitrogens with one attached hydrogen (secondary N) is 2. The average Bonchev–Trinajstić information content (AvgIpc) is 3.06. The molecule has 3 aromatic rings. The second-order valence-electron chi connectivity index (χ2n) is 6.50. The Bertz CT molecular complexity index is 951. The second-order valence-corrected chi connectivity index (χ2v) is 7.82. The summed E-state index contributed by atoms with van der Waals surface area (Å²) < 4.78 is 0.401. The first kappa shape index (κ1) is 17.9. The molecule has 1 atom stereocenters. The fraction of sp³-hybridized carbons (Fsp3) is 0.200. The molecule has 2 heterocycles. The van der Waals surface area contributed by atoms with Gasteiger partial charge in [0.25, 0.3) is 4.58 Å². The van der Waals surface area contributed by atoms with Crippen LogP contribution < -0.4 is 10.6 Å². The molecule has 27 heavy (non-hydrogen) atoms. The largest absolute Gasteiger partial charge is 0.321 e. The molecule has 138 valence electrons. The lowest BCUT2D eigenvalue weighted by Gasteiger charge is -2.31. The van der Waals surface area contributed by atoms with Crippen molar-refractivity contribution in [3.05, 3.63) is 78.0 Å². The number of anilines is 1. The Balaban J connectivity index is 1.68. The molecule has 1 aromatic heterocycles. The number of fused-ring (bicyclic) bond motifs is 1. The van der Waals surface area contributed by atoms with E-state index in [1.807, 2.05) is 48.5 Å². The minimum absolute atomic E-state index is 0.0464. The number of halogens is 2. The topological polar surface area (TPSA) is 54.2 Å². The van der Waals surface area contributed by atoms with E-state index in [0.717, 1.165) is 17.7 Å². The molecule has 0 bridgehead atoms. The normalized spacial score (nSPS) is 17.7. The van der Waals surface area contributed by atoms with E-state index in [0.29, 0.717) is 11.7 Å². The van der Waals surface area contributed by atoms with Crippen LogP contribution in [0.15, 0.2) is 71.9 Å². The van der Waals surface area contributed by atoms with Crippen molar-refractivity contribution in [1.29, 1.82) is 0 Å². The first-order chi connectivity index (χ1) is 13.0. The molecule has 4 rings (SSSR count). The Morgan fingerprint density at radius 2 is 1.70 bits per heavy atom. The monoisotopic (exact) mass is 399 g/mol. The van der Waals surface area contributed by atoms with Crippen LogP contribution in [0.1, 0.15) is 18.1 Å². The van der Waals surface area contributed by atoms with Gasteiger partial charge in [-0.1, -0.05) is 71.7 Å². The molecule has 5 nitrogen and oxygen atoms in total. The number of para-hydroxylation sites is 1. The molecule has 1 aliphatic heterocycles. The van der Waals surface area contributed by atoms with E-state index in [1.165, 1.54) is 5.56 Å². The van der Waals surface area contributed by atoms with E-state index >= 15 is 0 Å². The van der Waals surface area contributed by atoms with Crippen LogP contribution in [0, 0.1) is 0 Å². The van der Waals surface area contributed by atoms with Crippen molar-refractivity contribution in [3.63, 3.8) is 0 Å². The van der Waals surface area contributed by atoms with Gasteiger partial charge < -0.3 is 10.6 Å². The maximum Gasteiger partial charge on any atom is 0.268 e. The maximum absolute atomic E-state index is 6.38. The van der Waals surface area contributed by atoms with Gasteiger partial charge in [0.2, 0.25) is 0 Å². The van der Waals surface area contributed by atoms with Crippen LogP contribution in [0.4, 0.5) is 5.82 Å². The molecular formula is C20H19Cl2N5. The third-order valence-electron chi connectivity index (χ3n) is 4.30. The van der Waals surface area contributed by atoms with E-state index in [-0.39, 0.29) is 6.04 Å². The summed E-state index contributed by atoms with van der Waals surface area (Å²) in [4.78, 5) is 4.82. The third kappa shape index (κ3) is 3.94. The number of benzene rings is 2. The van der Waals surface area contributed by atoms with Gasteiger partial charge in [-0.2, -0.15) is 5.10 Å². The van der Waals surface area contributed by atoms with Gasteiger partial charge in [0.05, 0.1) is 23.5 Å². The first-order valence-electron chi connectivity index (χ1n) is 8.71. The number of nitrogens with zero attached hydrogens (tertiary/aromatic N) is 3. The van der Waals surface area contributed by atoms with Gasteiger partial charge in [0.15, 0.2) is 0 Å². The van der Waals surface area contributed by atoms with Crippen LogP contribution in [0.3, 0.4) is 0 Å². The van der Waals surface area contributed by atoms with Crippen LogP contribution in [0.2, 0.25) is 0 Å². The van der Waals surface area contributed by atoms with Gasteiger partial charge in [-0.15, -0.1) is 0 Å². The summed E-state index contributed by atoms with van der Waals surface area (Å²) in [6.07, 6.45) is 2.58. The maximum atomic E-state index is 6.38. The quantitative estimate of drug-likeness (QED) is 0.506. The number of aliphatic imine (C=N–C) groups is 1. The molecule has 0 amide bonds. The minimum Gasteiger partial charge on any atom is -0.321 e. The lowest BCUT2D eigenvalue weighted by atomic mass is 10.1. The van der Waals surface area contributed by atoms with Gasteiger partial charge in [0.1, 0.15) is 11.7 Å². The summed E-state index contributed by atoms with van der Waals surface area (Å²) >= 11 is 12.8. The Kier molecular flexibility index (Phi) is 4.81. The lowest BCUT2D eigenvalue weighted by Crippen LogP contribution is -2.50. The first-order valence-corrected chi connectivity index (χ1v) is 9.47. The Morgan fingerprint density at radius 3 is 2.41 bits per heavy atom. The molecule has 1 aliphatic rings. The number of hydrogen-bond acceptors (Lipinski definition) is 3. The van der Waals surface area contributed by atoms with Crippen molar-refractivity contribution < 1.29 is 0 Å². The molecule has 0 saturated heterocycles. The number of hydrogen-bond donors (Lipinski definition) is 2. The highest BCUT2D eigenvalue weighted by atomic mass is 35.5. The van der Waals surface area contributed by atoms with Crippen molar-refractivity contribution in [2.24, 2.45) is 4.99 Å². The lowest BCUT2D eigenvalue weighted by molar-refractivity contribution is 0.715. The van der Waals surface area contributed by atoms with Crippen molar-refractivity contribution in [1.82, 2.24) is 15.1 Å². The van der Waals surface area contributed by atoms with Crippen molar-refractivity contribution in [2.75, 3.05) is 5.32 Å². The molecule has 0 aliphatic carbocycles. The van der Waals surface area contributed by atoms with Crippen LogP contribution in [-0.4, -0.2) is 26.2 Å². The predicted molar refractivity (Wildman–Crippen MR) is 111 cm³/mol. The predicted octanol–water partition coefficient (Wildman–Crippen LogP) is 4.35. The van der Waals surface area contributed by atoms with E-state index in [4.69, 9.17) is 28.2 Å². The zero-order valence-corrected chi connectivity index (χ0v) is 16.2. The molecule has 0 radical (unpaired) electrons. The summed E-state index contributed by atoms with van der Waals surface area (Å²) in [5, 5.41) is 10.6. The highest BCUT2D eigenvalue weighted by Crippen LogP contribution is 2.31. The summed E-state index contributed by atoms with van der Waals surface area (Å²) in [7, 11) is 0. The van der Waals surface area contributed by atoms with Crippen molar-refractivity contribution >= 4 is 34.9 Å². The Morgan fingerprint density at radius 1 is 1.04 bits per heavy atom. The molecule has 2 N–H and O–H groups in total. The molecule has 0 saturated carbocycles. The zero-order valence-electron chi connectivity index (χ0n) is 14.7. The number of rotatable bonds is 4. The van der Waals surface area contributed by atoms with Crippen molar-refractivity contribution in [2.45, 2.75) is 24.0 Å². The zero-order chi connectivity index (χ0) is 18.9. The van der Waals surface area contributed by atoms with Crippen LogP contribution in [0.25, 0.3) is 5.69 Å². The van der Waals surface area contributed by atoms with Gasteiger partial charge in [0, 0.05) is 0 Å². The summed E-state index contributed by atoms with van der Waals surface area (Å²) in [5.41, 5.74) is 2.97. The smallest absolute Gasteiger partial charge is 0.268 e. The Hall–Kier alpha value is -2.50. The van der Waals surface area contributed by atoms with E-state index in [1.54, 1.807) is 10.9 Å². The fourth-order valence-electron chi connectivity index (χ4n) is 3.13. The molecule has 0 fully saturated rings. The van der Waals surface area contributed by atoms with E-state index in [2.05, 4.69) is 34.8 Å².